The summed E-state index contributed by atoms with van der Waals surface area (Å²) < 4.78 is 16.9. The molecule has 9 nitrogen and oxygen atoms in total. The summed E-state index contributed by atoms with van der Waals surface area (Å²) in [7, 11) is 1.49. The van der Waals surface area contributed by atoms with Gasteiger partial charge in [-0.15, -0.1) is 4.57 Å². The van der Waals surface area contributed by atoms with Crippen LogP contribution in [0.1, 0.15) is 37.7 Å². The van der Waals surface area contributed by atoms with E-state index in [0.29, 0.717) is 39.7 Å². The summed E-state index contributed by atoms with van der Waals surface area (Å²) in [6.45, 7) is 3.22. The molecular weight excluding hydrogens is 426 g/mol. The highest BCUT2D eigenvalue weighted by Gasteiger charge is 2.17. The maximum Gasteiger partial charge on any atom is 0.338 e. The third-order valence-corrected chi connectivity index (χ3v) is 5.03. The van der Waals surface area contributed by atoms with E-state index in [-0.39, 0.29) is 18.1 Å². The normalized spacial score (nSPS) is 10.8. The Bertz CT molecular complexity index is 1420. The number of hydrogen-bond donors (Lipinski definition) is 1. The average Bonchev–Trinajstić information content (AvgIpc) is 3.19. The number of rotatable bonds is 6. The van der Waals surface area contributed by atoms with Crippen molar-refractivity contribution in [2.75, 3.05) is 12.4 Å². The van der Waals surface area contributed by atoms with Crippen LogP contribution in [0.25, 0.3) is 5.65 Å². The molecule has 0 atom stereocenters. The van der Waals surface area contributed by atoms with Crippen LogP contribution >= 0.6 is 0 Å². The number of anilines is 1. The second kappa shape index (κ2) is 8.99. The Balaban J connectivity index is 1.50. The van der Waals surface area contributed by atoms with Gasteiger partial charge in [0, 0.05) is 17.8 Å². The minimum Gasteiger partial charge on any atom is -0.496 e. The lowest BCUT2D eigenvalue weighted by Gasteiger charge is -2.13. The van der Waals surface area contributed by atoms with Gasteiger partial charge in [0.05, 0.1) is 23.9 Å². The van der Waals surface area contributed by atoms with E-state index in [1.807, 2.05) is 0 Å². The van der Waals surface area contributed by atoms with E-state index in [1.54, 1.807) is 62.4 Å². The summed E-state index contributed by atoms with van der Waals surface area (Å²) in [5, 5.41) is 2.81. The Hall–Kier alpha value is -4.40. The molecule has 4 rings (SSSR count). The number of benzene rings is 2. The highest BCUT2D eigenvalue weighted by atomic mass is 16.5. The van der Waals surface area contributed by atoms with Crippen molar-refractivity contribution in [2.45, 2.75) is 20.5 Å². The molecule has 4 aromatic rings. The first kappa shape index (κ1) is 21.8. The van der Waals surface area contributed by atoms with Crippen LogP contribution in [0.5, 0.6) is 5.75 Å². The van der Waals surface area contributed by atoms with Crippen LogP contribution in [0.15, 0.2) is 63.9 Å². The molecule has 0 aliphatic carbocycles. The van der Waals surface area contributed by atoms with Crippen molar-refractivity contribution in [3.05, 3.63) is 93.1 Å². The fourth-order valence-electron chi connectivity index (χ4n) is 3.38. The Morgan fingerprint density at radius 2 is 1.82 bits per heavy atom. The van der Waals surface area contributed by atoms with E-state index in [9.17, 15) is 14.4 Å². The molecule has 33 heavy (non-hydrogen) atoms. The number of aryl methyl sites for hydroxylation is 1. The minimum absolute atomic E-state index is 0.188. The molecule has 0 radical (unpaired) electrons. The van der Waals surface area contributed by atoms with E-state index in [4.69, 9.17) is 14.0 Å². The summed E-state index contributed by atoms with van der Waals surface area (Å²) in [6, 6.07) is 14.6. The number of fused-ring (bicyclic) bond motifs is 1. The van der Waals surface area contributed by atoms with E-state index >= 15 is 0 Å². The summed E-state index contributed by atoms with van der Waals surface area (Å²) in [5.41, 5.74) is 1.89. The third kappa shape index (κ3) is 4.47. The van der Waals surface area contributed by atoms with E-state index in [1.165, 1.54) is 13.2 Å². The average molecular weight is 447 g/mol. The molecule has 0 bridgehead atoms. The molecule has 2 heterocycles. The van der Waals surface area contributed by atoms with Gasteiger partial charge in [-0.25, -0.2) is 9.78 Å². The van der Waals surface area contributed by atoms with E-state index in [2.05, 4.69) is 10.3 Å². The van der Waals surface area contributed by atoms with Crippen LogP contribution in [0.2, 0.25) is 0 Å². The Morgan fingerprint density at radius 1 is 1.06 bits per heavy atom. The van der Waals surface area contributed by atoms with Crippen molar-refractivity contribution in [2.24, 2.45) is 0 Å². The quantitative estimate of drug-likeness (QED) is 0.450. The van der Waals surface area contributed by atoms with Gasteiger partial charge in [0.1, 0.15) is 18.1 Å². The first-order valence-electron chi connectivity index (χ1n) is 10.1. The first-order chi connectivity index (χ1) is 15.9. The van der Waals surface area contributed by atoms with E-state index < -0.39 is 11.5 Å². The number of aromatic nitrogens is 2. The molecular formula is C24H21N3O6. The number of hydrogen-bond acceptors (Lipinski definition) is 7. The minimum atomic E-state index is -0.605. The van der Waals surface area contributed by atoms with Crippen LogP contribution in [0.3, 0.4) is 0 Å². The van der Waals surface area contributed by atoms with Gasteiger partial charge in [0.25, 0.3) is 11.5 Å². The molecule has 9 heteroatoms. The lowest BCUT2D eigenvalue weighted by molar-refractivity contribution is 0.0466. The number of ether oxygens (including phenoxy) is 2. The zero-order chi connectivity index (χ0) is 23.5. The molecule has 0 aliphatic rings. The van der Waals surface area contributed by atoms with Crippen molar-refractivity contribution in [3.8, 4) is 5.75 Å². The van der Waals surface area contributed by atoms with Crippen molar-refractivity contribution in [3.63, 3.8) is 0 Å². The van der Waals surface area contributed by atoms with Crippen LogP contribution in [0.4, 0.5) is 5.69 Å². The Kier molecular flexibility index (Phi) is 5.95. The number of nitrogens with one attached hydrogen (secondary N) is 1. The van der Waals surface area contributed by atoms with Crippen molar-refractivity contribution in [1.29, 1.82) is 0 Å². The second-order valence-electron chi connectivity index (χ2n) is 7.29. The highest BCUT2D eigenvalue weighted by Crippen LogP contribution is 2.23. The maximum atomic E-state index is 12.7. The standard InChI is InChI=1S/C24H21N3O6/c1-14-11-21-25-16(12-22(28)27(21)33-14)13-32-24(30)17-8-6-9-19(15(17)2)26-23(29)18-7-4-5-10-20(18)31-3/h4-12H,13H2,1-3H3,(H,26,29). The molecule has 1 amide bonds. The molecule has 0 saturated carbocycles. The van der Waals surface area contributed by atoms with Crippen molar-refractivity contribution >= 4 is 23.2 Å². The van der Waals surface area contributed by atoms with Crippen LogP contribution in [-0.4, -0.2) is 28.5 Å². The third-order valence-electron chi connectivity index (χ3n) is 5.03. The number of carbonyl (C=O) groups excluding carboxylic acids is 2. The summed E-state index contributed by atoms with van der Waals surface area (Å²) in [6.07, 6.45) is 0. The smallest absolute Gasteiger partial charge is 0.338 e. The zero-order valence-corrected chi connectivity index (χ0v) is 18.2. The molecule has 0 unspecified atom stereocenters. The molecule has 168 valence electrons. The van der Waals surface area contributed by atoms with Gasteiger partial charge in [0.15, 0.2) is 5.65 Å². The zero-order valence-electron chi connectivity index (χ0n) is 18.2. The van der Waals surface area contributed by atoms with Gasteiger partial charge in [-0.1, -0.05) is 18.2 Å². The van der Waals surface area contributed by atoms with Crippen LogP contribution in [0, 0.1) is 13.8 Å². The van der Waals surface area contributed by atoms with Gasteiger partial charge < -0.3 is 19.3 Å². The van der Waals surface area contributed by atoms with Crippen molar-refractivity contribution in [1.82, 2.24) is 9.56 Å². The van der Waals surface area contributed by atoms with Gasteiger partial charge >= 0.3 is 5.97 Å². The molecule has 0 saturated heterocycles. The van der Waals surface area contributed by atoms with Crippen LogP contribution < -0.4 is 15.6 Å². The molecule has 0 fully saturated rings. The SMILES string of the molecule is COc1ccccc1C(=O)Nc1cccc(C(=O)OCc2cc(=O)n3oc(C)cc3n2)c1C. The topological polar surface area (TPSA) is 112 Å². The number of nitrogens with zero attached hydrogens (tertiary/aromatic N) is 2. The molecule has 1 N–H and O–H groups in total. The molecule has 2 aromatic heterocycles. The molecule has 2 aromatic carbocycles. The summed E-state index contributed by atoms with van der Waals surface area (Å²) in [4.78, 5) is 41.8. The van der Waals surface area contributed by atoms with Gasteiger partial charge in [-0.05, 0) is 43.7 Å². The number of amides is 1. The summed E-state index contributed by atoms with van der Waals surface area (Å²) >= 11 is 0. The van der Waals surface area contributed by atoms with Gasteiger partial charge in [-0.2, -0.15) is 0 Å². The lowest BCUT2D eigenvalue weighted by atomic mass is 10.1. The number of carbonyl (C=O) groups is 2. The molecule has 0 aliphatic heterocycles. The first-order valence-corrected chi connectivity index (χ1v) is 10.1. The maximum absolute atomic E-state index is 12.7. The highest BCUT2D eigenvalue weighted by molar-refractivity contribution is 6.07. The van der Waals surface area contributed by atoms with E-state index in [0.717, 1.165) is 4.57 Å². The predicted octanol–water partition coefficient (Wildman–Crippen LogP) is 3.52. The summed E-state index contributed by atoms with van der Waals surface area (Å²) in [5.74, 6) is 0.00785. The van der Waals surface area contributed by atoms with Crippen molar-refractivity contribution < 1.29 is 23.6 Å². The Morgan fingerprint density at radius 3 is 2.61 bits per heavy atom. The number of esters is 1. The largest absolute Gasteiger partial charge is 0.496 e. The lowest BCUT2D eigenvalue weighted by Crippen LogP contribution is -2.16. The van der Waals surface area contributed by atoms with Gasteiger partial charge in [-0.3, -0.25) is 9.59 Å². The predicted molar refractivity (Wildman–Crippen MR) is 120 cm³/mol. The second-order valence-corrected chi connectivity index (χ2v) is 7.29. The number of para-hydroxylation sites is 1. The fourth-order valence-corrected chi connectivity index (χ4v) is 3.38. The van der Waals surface area contributed by atoms with Gasteiger partial charge in [0.2, 0.25) is 0 Å². The van der Waals surface area contributed by atoms with Crippen LogP contribution in [-0.2, 0) is 11.3 Å². The molecule has 0 spiro atoms. The monoisotopic (exact) mass is 447 g/mol. The number of methoxy groups -OCH3 is 1. The Labute approximate surface area is 188 Å². The fraction of sp³-hybridized carbons (Fsp3) is 0.167.